The van der Waals surface area contributed by atoms with Crippen molar-refractivity contribution < 1.29 is 9.47 Å². The van der Waals surface area contributed by atoms with Gasteiger partial charge in [0, 0.05) is 23.6 Å². The van der Waals surface area contributed by atoms with E-state index in [1.807, 2.05) is 6.07 Å². The van der Waals surface area contributed by atoms with Gasteiger partial charge in [-0.25, -0.2) is 4.99 Å². The molecule has 3 N–H and O–H groups in total. The number of hydrogen-bond donors (Lipinski definition) is 2. The Balaban J connectivity index is 1.67. The summed E-state index contributed by atoms with van der Waals surface area (Å²) in [5.41, 5.74) is 8.26. The summed E-state index contributed by atoms with van der Waals surface area (Å²) in [5, 5.41) is 3.34. The Labute approximate surface area is 138 Å². The summed E-state index contributed by atoms with van der Waals surface area (Å²) >= 11 is 0. The average molecular weight is 317 g/mol. The number of hydrogen-bond acceptors (Lipinski definition) is 3. The van der Waals surface area contributed by atoms with E-state index in [1.165, 1.54) is 37.7 Å². The molecule has 1 aliphatic carbocycles. The van der Waals surface area contributed by atoms with E-state index in [1.54, 1.807) is 7.11 Å². The summed E-state index contributed by atoms with van der Waals surface area (Å²) in [4.78, 5) is 4.49. The van der Waals surface area contributed by atoms with Gasteiger partial charge in [-0.3, -0.25) is 0 Å². The van der Waals surface area contributed by atoms with Gasteiger partial charge in [0.15, 0.2) is 5.96 Å². The Hall–Kier alpha value is -1.91. The summed E-state index contributed by atoms with van der Waals surface area (Å²) in [6, 6.07) is 4.57. The molecule has 3 rings (SSSR count). The summed E-state index contributed by atoms with van der Waals surface area (Å²) in [6.07, 6.45) is 7.42. The van der Waals surface area contributed by atoms with E-state index < -0.39 is 0 Å². The zero-order chi connectivity index (χ0) is 16.2. The molecule has 5 nitrogen and oxygen atoms in total. The lowest BCUT2D eigenvalue weighted by atomic mass is 9.96. The standard InChI is InChI=1S/C18H27N3O2/c1-12-8-13-9-16(22-2)14(10-17(13)23-12)11-20-18(19)21-15-6-4-3-5-7-15/h9-10,12,15H,3-8,11H2,1-2H3,(H3,19,20,21). The summed E-state index contributed by atoms with van der Waals surface area (Å²) < 4.78 is 11.3. The number of nitrogens with two attached hydrogens (primary N) is 1. The molecule has 23 heavy (non-hydrogen) atoms. The van der Waals surface area contributed by atoms with Crippen LogP contribution in [0.1, 0.15) is 50.2 Å². The second kappa shape index (κ2) is 7.11. The van der Waals surface area contributed by atoms with Crippen molar-refractivity contribution in [2.45, 2.75) is 64.1 Å². The smallest absolute Gasteiger partial charge is 0.189 e. The lowest BCUT2D eigenvalue weighted by Gasteiger charge is -2.23. The number of ether oxygens (including phenoxy) is 2. The number of guanidine groups is 1. The van der Waals surface area contributed by atoms with Crippen LogP contribution in [0.15, 0.2) is 17.1 Å². The molecule has 0 amide bonds. The van der Waals surface area contributed by atoms with Gasteiger partial charge >= 0.3 is 0 Å². The molecule has 0 bridgehead atoms. The molecule has 2 aliphatic rings. The van der Waals surface area contributed by atoms with Crippen molar-refractivity contribution in [3.05, 3.63) is 23.3 Å². The maximum atomic E-state index is 6.05. The van der Waals surface area contributed by atoms with Crippen LogP contribution in [0.25, 0.3) is 0 Å². The Bertz CT molecular complexity index is 580. The zero-order valence-corrected chi connectivity index (χ0v) is 14.1. The van der Waals surface area contributed by atoms with Crippen LogP contribution >= 0.6 is 0 Å². The third-order valence-corrected chi connectivity index (χ3v) is 4.68. The number of nitrogens with zero attached hydrogens (tertiary/aromatic N) is 1. The molecule has 1 fully saturated rings. The van der Waals surface area contributed by atoms with Crippen molar-refractivity contribution in [3.8, 4) is 11.5 Å². The minimum atomic E-state index is 0.228. The van der Waals surface area contributed by atoms with Gasteiger partial charge < -0.3 is 20.5 Å². The predicted octanol–water partition coefficient (Wildman–Crippen LogP) is 2.76. The van der Waals surface area contributed by atoms with Crippen molar-refractivity contribution in [2.24, 2.45) is 10.7 Å². The Kier molecular flexibility index (Phi) is 4.94. The van der Waals surface area contributed by atoms with Crippen molar-refractivity contribution in [1.29, 1.82) is 0 Å². The summed E-state index contributed by atoms with van der Waals surface area (Å²) in [7, 11) is 1.69. The third-order valence-electron chi connectivity index (χ3n) is 4.68. The number of nitrogens with one attached hydrogen (secondary N) is 1. The van der Waals surface area contributed by atoms with E-state index in [-0.39, 0.29) is 6.10 Å². The molecule has 1 aromatic rings. The summed E-state index contributed by atoms with van der Waals surface area (Å²) in [5.74, 6) is 2.33. The number of fused-ring (bicyclic) bond motifs is 1. The summed E-state index contributed by atoms with van der Waals surface area (Å²) in [6.45, 7) is 2.58. The monoisotopic (exact) mass is 317 g/mol. The van der Waals surface area contributed by atoms with Crippen LogP contribution in [0.4, 0.5) is 0 Å². The van der Waals surface area contributed by atoms with Gasteiger partial charge in [0.2, 0.25) is 0 Å². The Morgan fingerprint density at radius 3 is 2.87 bits per heavy atom. The molecular formula is C18H27N3O2. The van der Waals surface area contributed by atoms with Gasteiger partial charge in [0.05, 0.1) is 13.7 Å². The SMILES string of the molecule is COc1cc2c(cc1CN=C(N)NC1CCCCC1)OC(C)C2. The Morgan fingerprint density at radius 2 is 2.13 bits per heavy atom. The number of benzene rings is 1. The van der Waals surface area contributed by atoms with Gasteiger partial charge in [0.25, 0.3) is 0 Å². The quantitative estimate of drug-likeness (QED) is 0.662. The van der Waals surface area contributed by atoms with Gasteiger partial charge in [-0.05, 0) is 31.9 Å². The number of methoxy groups -OCH3 is 1. The molecule has 0 radical (unpaired) electrons. The number of aliphatic imine (C=N–C) groups is 1. The minimum absolute atomic E-state index is 0.228. The zero-order valence-electron chi connectivity index (χ0n) is 14.1. The lowest BCUT2D eigenvalue weighted by Crippen LogP contribution is -2.41. The van der Waals surface area contributed by atoms with Crippen molar-refractivity contribution in [2.75, 3.05) is 7.11 Å². The van der Waals surface area contributed by atoms with Crippen LogP contribution < -0.4 is 20.5 Å². The fraction of sp³-hybridized carbons (Fsp3) is 0.611. The lowest BCUT2D eigenvalue weighted by molar-refractivity contribution is 0.254. The molecule has 0 saturated heterocycles. The highest BCUT2D eigenvalue weighted by atomic mass is 16.5. The van der Waals surface area contributed by atoms with Gasteiger partial charge in [-0.15, -0.1) is 0 Å². The first kappa shape index (κ1) is 16.0. The Morgan fingerprint density at radius 1 is 1.35 bits per heavy atom. The maximum absolute atomic E-state index is 6.05. The van der Waals surface area contributed by atoms with Crippen LogP contribution in [-0.2, 0) is 13.0 Å². The first-order valence-electron chi connectivity index (χ1n) is 8.58. The van der Waals surface area contributed by atoms with E-state index in [0.29, 0.717) is 18.5 Å². The second-order valence-electron chi connectivity index (χ2n) is 6.59. The number of rotatable bonds is 4. The largest absolute Gasteiger partial charge is 0.496 e. The fourth-order valence-corrected chi connectivity index (χ4v) is 3.47. The van der Waals surface area contributed by atoms with Crippen LogP contribution in [0.5, 0.6) is 11.5 Å². The fourth-order valence-electron chi connectivity index (χ4n) is 3.47. The normalized spacial score (nSPS) is 21.7. The van der Waals surface area contributed by atoms with E-state index in [2.05, 4.69) is 23.3 Å². The van der Waals surface area contributed by atoms with Gasteiger partial charge in [-0.1, -0.05) is 19.3 Å². The highest BCUT2D eigenvalue weighted by Gasteiger charge is 2.21. The van der Waals surface area contributed by atoms with Gasteiger partial charge in [-0.2, -0.15) is 0 Å². The van der Waals surface area contributed by atoms with Crippen LogP contribution in [0.2, 0.25) is 0 Å². The van der Waals surface area contributed by atoms with Crippen molar-refractivity contribution in [1.82, 2.24) is 5.32 Å². The molecular weight excluding hydrogens is 290 g/mol. The minimum Gasteiger partial charge on any atom is -0.496 e. The topological polar surface area (TPSA) is 68.9 Å². The highest BCUT2D eigenvalue weighted by Crippen LogP contribution is 2.35. The molecule has 0 aromatic heterocycles. The van der Waals surface area contributed by atoms with Gasteiger partial charge in [0.1, 0.15) is 17.6 Å². The first-order chi connectivity index (χ1) is 11.2. The van der Waals surface area contributed by atoms with Crippen LogP contribution in [0, 0.1) is 0 Å². The average Bonchev–Trinajstić information content (AvgIpc) is 2.91. The van der Waals surface area contributed by atoms with E-state index in [4.69, 9.17) is 15.2 Å². The molecule has 1 aliphatic heterocycles. The molecule has 1 saturated carbocycles. The van der Waals surface area contributed by atoms with Crippen molar-refractivity contribution >= 4 is 5.96 Å². The molecule has 1 atom stereocenters. The molecule has 1 heterocycles. The van der Waals surface area contributed by atoms with Crippen molar-refractivity contribution in [3.63, 3.8) is 0 Å². The van der Waals surface area contributed by atoms with E-state index in [9.17, 15) is 0 Å². The first-order valence-corrected chi connectivity index (χ1v) is 8.58. The highest BCUT2D eigenvalue weighted by molar-refractivity contribution is 5.78. The molecule has 5 heteroatoms. The van der Waals surface area contributed by atoms with Crippen LogP contribution in [-0.4, -0.2) is 25.2 Å². The second-order valence-corrected chi connectivity index (χ2v) is 6.59. The molecule has 1 aromatic carbocycles. The molecule has 0 spiro atoms. The predicted molar refractivity (Wildman–Crippen MR) is 92.1 cm³/mol. The molecule has 1 unspecified atom stereocenters. The third kappa shape index (κ3) is 3.89. The van der Waals surface area contributed by atoms with E-state index >= 15 is 0 Å². The molecule has 126 valence electrons. The van der Waals surface area contributed by atoms with E-state index in [0.717, 1.165) is 23.5 Å². The van der Waals surface area contributed by atoms with Crippen LogP contribution in [0.3, 0.4) is 0 Å². The maximum Gasteiger partial charge on any atom is 0.189 e.